The number of hydrogen-bond acceptors (Lipinski definition) is 3. The van der Waals surface area contributed by atoms with E-state index in [4.69, 9.17) is 10.5 Å². The molecule has 1 amide bonds. The molecule has 1 aromatic rings. The van der Waals surface area contributed by atoms with Crippen molar-refractivity contribution in [3.05, 3.63) is 29.8 Å². The van der Waals surface area contributed by atoms with Crippen LogP contribution in [0.4, 0.5) is 5.69 Å². The van der Waals surface area contributed by atoms with Crippen LogP contribution in [0.3, 0.4) is 0 Å². The highest BCUT2D eigenvalue weighted by Crippen LogP contribution is 2.13. The van der Waals surface area contributed by atoms with Crippen LogP contribution in [0.1, 0.15) is 5.56 Å². The summed E-state index contributed by atoms with van der Waals surface area (Å²) in [6.45, 7) is 2.92. The largest absolute Gasteiger partial charge is 0.370 e. The van der Waals surface area contributed by atoms with Crippen LogP contribution in [0.15, 0.2) is 24.3 Å². The van der Waals surface area contributed by atoms with Gasteiger partial charge in [0.25, 0.3) is 5.91 Å². The summed E-state index contributed by atoms with van der Waals surface area (Å²) in [7, 11) is 1.73. The highest BCUT2D eigenvalue weighted by molar-refractivity contribution is 5.93. The molecular weight excluding hydrogens is 204 g/mol. The van der Waals surface area contributed by atoms with Crippen LogP contribution in [0, 0.1) is 6.92 Å². The zero-order chi connectivity index (χ0) is 12.0. The molecule has 0 saturated carbocycles. The molecule has 0 bridgehead atoms. The number of aryl methyl sites for hydroxylation is 1. The van der Waals surface area contributed by atoms with Gasteiger partial charge in [-0.25, -0.2) is 0 Å². The smallest absolute Gasteiger partial charge is 0.252 e. The van der Waals surface area contributed by atoms with Gasteiger partial charge in [-0.1, -0.05) is 17.7 Å². The van der Waals surface area contributed by atoms with Gasteiger partial charge in [-0.2, -0.15) is 0 Å². The summed E-state index contributed by atoms with van der Waals surface area (Å²) in [4.78, 5) is 13.2. The SMILES string of the molecule is Cc1ccc(N(C)C(=O)COCCN)cc1. The molecule has 1 rings (SSSR count). The fourth-order valence-corrected chi connectivity index (χ4v) is 1.25. The van der Waals surface area contributed by atoms with E-state index in [1.807, 2.05) is 31.2 Å². The van der Waals surface area contributed by atoms with Crippen molar-refractivity contribution in [1.29, 1.82) is 0 Å². The molecule has 16 heavy (non-hydrogen) atoms. The summed E-state index contributed by atoms with van der Waals surface area (Å²) in [5.74, 6) is -0.0719. The topological polar surface area (TPSA) is 55.6 Å². The van der Waals surface area contributed by atoms with E-state index in [1.54, 1.807) is 11.9 Å². The first-order chi connectivity index (χ1) is 7.65. The van der Waals surface area contributed by atoms with Crippen LogP contribution in [-0.2, 0) is 9.53 Å². The molecule has 0 aliphatic carbocycles. The van der Waals surface area contributed by atoms with Gasteiger partial charge >= 0.3 is 0 Å². The van der Waals surface area contributed by atoms with Crippen molar-refractivity contribution in [1.82, 2.24) is 0 Å². The Kier molecular flexibility index (Phi) is 4.95. The quantitative estimate of drug-likeness (QED) is 0.754. The highest BCUT2D eigenvalue weighted by atomic mass is 16.5. The maximum Gasteiger partial charge on any atom is 0.252 e. The Morgan fingerprint density at radius 2 is 2.00 bits per heavy atom. The number of likely N-dealkylation sites (N-methyl/N-ethyl adjacent to an activating group) is 1. The molecule has 0 atom stereocenters. The van der Waals surface area contributed by atoms with Crippen LogP contribution in [0.5, 0.6) is 0 Å². The van der Waals surface area contributed by atoms with E-state index in [2.05, 4.69) is 0 Å². The third kappa shape index (κ3) is 3.64. The molecule has 0 aromatic heterocycles. The number of nitrogens with zero attached hydrogens (tertiary/aromatic N) is 1. The molecule has 1 aromatic carbocycles. The monoisotopic (exact) mass is 222 g/mol. The minimum absolute atomic E-state index is 0.0710. The zero-order valence-corrected chi connectivity index (χ0v) is 9.77. The minimum Gasteiger partial charge on any atom is -0.370 e. The molecule has 0 heterocycles. The minimum atomic E-state index is -0.0719. The van der Waals surface area contributed by atoms with Crippen LogP contribution in [0.2, 0.25) is 0 Å². The summed E-state index contributed by atoms with van der Waals surface area (Å²) < 4.78 is 5.09. The Hall–Kier alpha value is -1.39. The molecule has 4 nitrogen and oxygen atoms in total. The number of ether oxygens (including phenoxy) is 1. The van der Waals surface area contributed by atoms with E-state index in [0.717, 1.165) is 5.69 Å². The summed E-state index contributed by atoms with van der Waals surface area (Å²) >= 11 is 0. The van der Waals surface area contributed by atoms with Crippen molar-refractivity contribution in [2.45, 2.75) is 6.92 Å². The van der Waals surface area contributed by atoms with Crippen molar-refractivity contribution in [3.63, 3.8) is 0 Å². The van der Waals surface area contributed by atoms with Crippen molar-refractivity contribution in [3.8, 4) is 0 Å². The van der Waals surface area contributed by atoms with Crippen LogP contribution >= 0.6 is 0 Å². The highest BCUT2D eigenvalue weighted by Gasteiger charge is 2.10. The number of hydrogen-bond donors (Lipinski definition) is 1. The van der Waals surface area contributed by atoms with Gasteiger partial charge in [0.1, 0.15) is 6.61 Å². The summed E-state index contributed by atoms with van der Waals surface area (Å²) in [6.07, 6.45) is 0. The number of benzene rings is 1. The lowest BCUT2D eigenvalue weighted by molar-refractivity contribution is -0.122. The molecule has 0 aliphatic rings. The summed E-state index contributed by atoms with van der Waals surface area (Å²) in [5.41, 5.74) is 7.31. The molecule has 0 radical (unpaired) electrons. The Morgan fingerprint density at radius 3 is 2.56 bits per heavy atom. The lowest BCUT2D eigenvalue weighted by atomic mass is 10.2. The summed E-state index contributed by atoms with van der Waals surface area (Å²) in [6, 6.07) is 7.77. The second kappa shape index (κ2) is 6.25. The first-order valence-corrected chi connectivity index (χ1v) is 5.26. The van der Waals surface area contributed by atoms with Crippen molar-refractivity contribution in [2.24, 2.45) is 5.73 Å². The fraction of sp³-hybridized carbons (Fsp3) is 0.417. The molecule has 88 valence electrons. The van der Waals surface area contributed by atoms with Crippen molar-refractivity contribution in [2.75, 3.05) is 31.7 Å². The van der Waals surface area contributed by atoms with Crippen LogP contribution in [-0.4, -0.2) is 32.7 Å². The second-order valence-corrected chi connectivity index (χ2v) is 3.63. The molecular formula is C12H18N2O2. The lowest BCUT2D eigenvalue weighted by Gasteiger charge is -2.17. The van der Waals surface area contributed by atoms with E-state index in [-0.39, 0.29) is 12.5 Å². The van der Waals surface area contributed by atoms with E-state index >= 15 is 0 Å². The van der Waals surface area contributed by atoms with Gasteiger partial charge in [0.15, 0.2) is 0 Å². The zero-order valence-electron chi connectivity index (χ0n) is 9.77. The molecule has 0 spiro atoms. The fourth-order valence-electron chi connectivity index (χ4n) is 1.25. The Balaban J connectivity index is 2.53. The number of rotatable bonds is 5. The average molecular weight is 222 g/mol. The number of carbonyl (C=O) groups excluding carboxylic acids is 1. The average Bonchev–Trinajstić information content (AvgIpc) is 2.29. The number of anilines is 1. The standard InChI is InChI=1S/C12H18N2O2/c1-10-3-5-11(6-4-10)14(2)12(15)9-16-8-7-13/h3-6H,7-9,13H2,1-2H3. The van der Waals surface area contributed by atoms with Gasteiger partial charge < -0.3 is 15.4 Å². The number of amides is 1. The number of nitrogens with two attached hydrogens (primary N) is 1. The molecule has 0 saturated heterocycles. The van der Waals surface area contributed by atoms with Gasteiger partial charge in [0, 0.05) is 19.3 Å². The second-order valence-electron chi connectivity index (χ2n) is 3.63. The molecule has 0 fully saturated rings. The van der Waals surface area contributed by atoms with Gasteiger partial charge in [0.05, 0.1) is 6.61 Å². The van der Waals surface area contributed by atoms with E-state index < -0.39 is 0 Å². The molecule has 2 N–H and O–H groups in total. The number of carbonyl (C=O) groups is 1. The first kappa shape index (κ1) is 12.7. The van der Waals surface area contributed by atoms with Crippen LogP contribution < -0.4 is 10.6 Å². The molecule has 4 heteroatoms. The van der Waals surface area contributed by atoms with Gasteiger partial charge in [-0.3, -0.25) is 4.79 Å². The third-order valence-electron chi connectivity index (χ3n) is 2.28. The van der Waals surface area contributed by atoms with E-state index in [0.29, 0.717) is 13.2 Å². The predicted octanol–water partition coefficient (Wildman–Crippen LogP) is 0.933. The first-order valence-electron chi connectivity index (χ1n) is 5.26. The third-order valence-corrected chi connectivity index (χ3v) is 2.28. The van der Waals surface area contributed by atoms with Gasteiger partial charge in [-0.15, -0.1) is 0 Å². The predicted molar refractivity (Wildman–Crippen MR) is 64.5 cm³/mol. The van der Waals surface area contributed by atoms with Crippen molar-refractivity contribution < 1.29 is 9.53 Å². The summed E-state index contributed by atoms with van der Waals surface area (Å²) in [5, 5.41) is 0. The maximum atomic E-state index is 11.7. The van der Waals surface area contributed by atoms with Gasteiger partial charge in [0.2, 0.25) is 0 Å². The van der Waals surface area contributed by atoms with Crippen molar-refractivity contribution >= 4 is 11.6 Å². The van der Waals surface area contributed by atoms with Crippen LogP contribution in [0.25, 0.3) is 0 Å². The van der Waals surface area contributed by atoms with Gasteiger partial charge in [-0.05, 0) is 19.1 Å². The van der Waals surface area contributed by atoms with E-state index in [1.165, 1.54) is 5.56 Å². The maximum absolute atomic E-state index is 11.7. The Bertz CT molecular complexity index is 335. The normalized spacial score (nSPS) is 10.2. The molecule has 0 aliphatic heterocycles. The Morgan fingerprint density at radius 1 is 1.38 bits per heavy atom. The van der Waals surface area contributed by atoms with E-state index in [9.17, 15) is 4.79 Å². The lowest BCUT2D eigenvalue weighted by Crippen LogP contribution is -2.30. The Labute approximate surface area is 96.0 Å². The molecule has 0 unspecified atom stereocenters.